The zero-order chi connectivity index (χ0) is 21.8. The summed E-state index contributed by atoms with van der Waals surface area (Å²) in [5.74, 6) is 0.100. The smallest absolute Gasteiger partial charge is 0.256 e. The van der Waals surface area contributed by atoms with Crippen molar-refractivity contribution in [3.63, 3.8) is 0 Å². The Hall–Kier alpha value is -2.73. The van der Waals surface area contributed by atoms with E-state index in [1.54, 1.807) is 6.92 Å². The topological polar surface area (TPSA) is 55.9 Å². The van der Waals surface area contributed by atoms with Gasteiger partial charge >= 0.3 is 0 Å². The fraction of sp³-hybridized carbons (Fsp3) is 0.417. The number of piperazine rings is 1. The minimum absolute atomic E-state index is 0.0185. The van der Waals surface area contributed by atoms with Crippen LogP contribution in [-0.2, 0) is 4.79 Å². The average Bonchev–Trinajstić information content (AvgIpc) is 2.79. The molecule has 0 aliphatic carbocycles. The maximum absolute atomic E-state index is 13.4. The van der Waals surface area contributed by atoms with Crippen LogP contribution in [0.5, 0.6) is 0 Å². The first-order valence-corrected chi connectivity index (χ1v) is 11.3. The number of carbonyl (C=O) groups is 2. The molecular weight excluding hydrogens is 412 g/mol. The molecule has 4 rings (SSSR count). The zero-order valence-electron chi connectivity index (χ0n) is 17.9. The zero-order valence-corrected chi connectivity index (χ0v) is 18.6. The van der Waals surface area contributed by atoms with Crippen LogP contribution in [0.4, 0.5) is 11.4 Å². The molecule has 0 saturated carbocycles. The third-order valence-corrected chi connectivity index (χ3v) is 6.46. The monoisotopic (exact) mass is 440 g/mol. The van der Waals surface area contributed by atoms with Gasteiger partial charge in [-0.15, -0.1) is 0 Å². The Morgan fingerprint density at radius 3 is 2.06 bits per heavy atom. The van der Waals surface area contributed by atoms with Crippen LogP contribution in [0, 0.1) is 0 Å². The Kier molecular flexibility index (Phi) is 6.66. The lowest BCUT2D eigenvalue weighted by atomic mass is 10.0. The highest BCUT2D eigenvalue weighted by Crippen LogP contribution is 2.28. The number of piperidine rings is 1. The van der Waals surface area contributed by atoms with Gasteiger partial charge in [-0.05, 0) is 37.1 Å². The maximum Gasteiger partial charge on any atom is 0.256 e. The number of para-hydroxylation sites is 2. The highest BCUT2D eigenvalue weighted by atomic mass is 35.5. The standard InChI is InChI=1S/C24H29ClN4O2/c1-18(30)26-19-10-12-27(13-11-19)22-8-4-2-6-20(22)24(31)29-16-14-28(15-17-29)23-9-5-3-7-21(23)25/h2-9,19H,10-17H2,1H3,(H,26,30). The van der Waals surface area contributed by atoms with E-state index >= 15 is 0 Å². The molecule has 2 aliphatic rings. The number of amides is 2. The molecule has 0 atom stereocenters. The second-order valence-corrected chi connectivity index (χ2v) is 8.62. The van der Waals surface area contributed by atoms with E-state index in [-0.39, 0.29) is 17.9 Å². The lowest BCUT2D eigenvalue weighted by molar-refractivity contribution is -0.119. The number of halogens is 1. The van der Waals surface area contributed by atoms with Crippen molar-refractivity contribution in [2.45, 2.75) is 25.8 Å². The fourth-order valence-electron chi connectivity index (χ4n) is 4.51. The second-order valence-electron chi connectivity index (χ2n) is 8.21. The number of nitrogens with one attached hydrogen (secondary N) is 1. The summed E-state index contributed by atoms with van der Waals surface area (Å²) in [6.07, 6.45) is 1.78. The molecule has 2 aromatic carbocycles. The molecule has 2 saturated heterocycles. The van der Waals surface area contributed by atoms with Gasteiger partial charge in [0.15, 0.2) is 0 Å². The Morgan fingerprint density at radius 2 is 1.42 bits per heavy atom. The van der Waals surface area contributed by atoms with E-state index in [1.807, 2.05) is 53.4 Å². The van der Waals surface area contributed by atoms with Crippen molar-refractivity contribution in [3.8, 4) is 0 Å². The quantitative estimate of drug-likeness (QED) is 0.791. The van der Waals surface area contributed by atoms with Crippen molar-refractivity contribution in [2.24, 2.45) is 0 Å². The van der Waals surface area contributed by atoms with E-state index in [0.29, 0.717) is 13.1 Å². The Labute approximate surface area is 188 Å². The Morgan fingerprint density at radius 1 is 0.839 bits per heavy atom. The predicted octanol–water partition coefficient (Wildman–Crippen LogP) is 3.41. The minimum atomic E-state index is 0.0185. The van der Waals surface area contributed by atoms with E-state index in [0.717, 1.165) is 61.0 Å². The van der Waals surface area contributed by atoms with Gasteiger partial charge in [-0.25, -0.2) is 0 Å². The number of benzene rings is 2. The van der Waals surface area contributed by atoms with Gasteiger partial charge in [0, 0.05) is 57.9 Å². The predicted molar refractivity (Wildman–Crippen MR) is 125 cm³/mol. The molecule has 0 radical (unpaired) electrons. The summed E-state index contributed by atoms with van der Waals surface area (Å²) in [6.45, 7) is 6.09. The van der Waals surface area contributed by atoms with Crippen LogP contribution >= 0.6 is 11.6 Å². The lowest BCUT2D eigenvalue weighted by Gasteiger charge is -2.38. The highest BCUT2D eigenvalue weighted by Gasteiger charge is 2.27. The lowest BCUT2D eigenvalue weighted by Crippen LogP contribution is -2.49. The number of nitrogens with zero attached hydrogens (tertiary/aromatic N) is 3. The first kappa shape index (κ1) is 21.5. The van der Waals surface area contributed by atoms with Gasteiger partial charge < -0.3 is 20.0 Å². The van der Waals surface area contributed by atoms with E-state index in [1.165, 1.54) is 0 Å². The molecule has 0 unspecified atom stereocenters. The van der Waals surface area contributed by atoms with Crippen molar-refractivity contribution in [2.75, 3.05) is 49.1 Å². The molecule has 2 aromatic rings. The third kappa shape index (κ3) is 4.96. The van der Waals surface area contributed by atoms with Crippen LogP contribution in [0.2, 0.25) is 5.02 Å². The summed E-state index contributed by atoms with van der Waals surface area (Å²) < 4.78 is 0. The van der Waals surface area contributed by atoms with E-state index < -0.39 is 0 Å². The van der Waals surface area contributed by atoms with Crippen LogP contribution in [0.15, 0.2) is 48.5 Å². The van der Waals surface area contributed by atoms with Gasteiger partial charge in [-0.1, -0.05) is 35.9 Å². The van der Waals surface area contributed by atoms with Crippen molar-refractivity contribution >= 4 is 34.8 Å². The van der Waals surface area contributed by atoms with Crippen molar-refractivity contribution in [1.29, 1.82) is 0 Å². The maximum atomic E-state index is 13.4. The molecule has 0 aromatic heterocycles. The average molecular weight is 441 g/mol. The molecule has 6 nitrogen and oxygen atoms in total. The second kappa shape index (κ2) is 9.60. The Balaban J connectivity index is 1.41. The van der Waals surface area contributed by atoms with Gasteiger partial charge in [0.2, 0.25) is 5.91 Å². The first-order chi connectivity index (χ1) is 15.0. The molecule has 2 aliphatic heterocycles. The van der Waals surface area contributed by atoms with Crippen LogP contribution in [-0.4, -0.2) is 62.0 Å². The van der Waals surface area contributed by atoms with E-state index in [2.05, 4.69) is 15.1 Å². The summed E-state index contributed by atoms with van der Waals surface area (Å²) in [5, 5.41) is 3.76. The fourth-order valence-corrected chi connectivity index (χ4v) is 4.77. The van der Waals surface area contributed by atoms with Gasteiger partial charge in [0.1, 0.15) is 0 Å². The van der Waals surface area contributed by atoms with Gasteiger partial charge in [0.25, 0.3) is 5.91 Å². The van der Waals surface area contributed by atoms with Gasteiger partial charge in [-0.3, -0.25) is 9.59 Å². The summed E-state index contributed by atoms with van der Waals surface area (Å²) in [4.78, 5) is 31.2. The minimum Gasteiger partial charge on any atom is -0.371 e. The molecule has 0 bridgehead atoms. The molecule has 2 heterocycles. The van der Waals surface area contributed by atoms with Crippen LogP contribution in [0.25, 0.3) is 0 Å². The van der Waals surface area contributed by atoms with Gasteiger partial charge in [0.05, 0.1) is 16.3 Å². The molecule has 1 N–H and O–H groups in total. The number of hydrogen-bond acceptors (Lipinski definition) is 4. The SMILES string of the molecule is CC(=O)NC1CCN(c2ccccc2C(=O)N2CCN(c3ccccc3Cl)CC2)CC1. The number of hydrogen-bond donors (Lipinski definition) is 1. The molecule has 2 fully saturated rings. The summed E-state index contributed by atoms with van der Waals surface area (Å²) in [5.41, 5.74) is 2.77. The van der Waals surface area contributed by atoms with Crippen LogP contribution < -0.4 is 15.1 Å². The third-order valence-electron chi connectivity index (χ3n) is 6.14. The van der Waals surface area contributed by atoms with Crippen molar-refractivity contribution in [3.05, 3.63) is 59.1 Å². The molecule has 31 heavy (non-hydrogen) atoms. The molecule has 2 amide bonds. The van der Waals surface area contributed by atoms with E-state index in [4.69, 9.17) is 11.6 Å². The molecule has 164 valence electrons. The molecule has 7 heteroatoms. The largest absolute Gasteiger partial charge is 0.371 e. The summed E-state index contributed by atoms with van der Waals surface area (Å²) >= 11 is 6.35. The first-order valence-electron chi connectivity index (χ1n) is 10.9. The number of rotatable bonds is 4. The number of carbonyl (C=O) groups excluding carboxylic acids is 2. The molecule has 0 spiro atoms. The number of anilines is 2. The highest BCUT2D eigenvalue weighted by molar-refractivity contribution is 6.33. The molecular formula is C24H29ClN4O2. The van der Waals surface area contributed by atoms with Crippen molar-refractivity contribution < 1.29 is 9.59 Å². The normalized spacial score (nSPS) is 17.5. The summed E-state index contributed by atoms with van der Waals surface area (Å²) in [7, 11) is 0. The van der Waals surface area contributed by atoms with Crippen LogP contribution in [0.1, 0.15) is 30.1 Å². The van der Waals surface area contributed by atoms with Crippen molar-refractivity contribution in [1.82, 2.24) is 10.2 Å². The Bertz CT molecular complexity index is 935. The summed E-state index contributed by atoms with van der Waals surface area (Å²) in [6, 6.07) is 16.0. The van der Waals surface area contributed by atoms with E-state index in [9.17, 15) is 9.59 Å². The van der Waals surface area contributed by atoms with Gasteiger partial charge in [-0.2, -0.15) is 0 Å². The van der Waals surface area contributed by atoms with Crippen LogP contribution in [0.3, 0.4) is 0 Å².